The predicted octanol–water partition coefficient (Wildman–Crippen LogP) is 4.13. The van der Waals surface area contributed by atoms with Gasteiger partial charge < -0.3 is 29.3 Å². The molecule has 7 nitrogen and oxygen atoms in total. The molecule has 1 unspecified atom stereocenters. The molecule has 2 aromatic rings. The third-order valence-electron chi connectivity index (χ3n) is 6.14. The number of nitrogens with one attached hydrogen (secondary N) is 1. The van der Waals surface area contributed by atoms with Crippen LogP contribution in [0, 0.1) is 5.92 Å². The van der Waals surface area contributed by atoms with Crippen LogP contribution in [-0.2, 0) is 4.79 Å². The smallest absolute Gasteiger partial charge is 0.236 e. The Bertz CT molecular complexity index is 909. The van der Waals surface area contributed by atoms with Gasteiger partial charge in [0, 0.05) is 37.9 Å². The van der Waals surface area contributed by atoms with Gasteiger partial charge in [-0.05, 0) is 61.7 Å². The van der Waals surface area contributed by atoms with Crippen LogP contribution in [0.15, 0.2) is 42.5 Å². The summed E-state index contributed by atoms with van der Waals surface area (Å²) in [6.45, 7) is 12.8. The molecule has 0 spiro atoms. The molecular formula is C27H39N3O4. The molecule has 1 heterocycles. The number of ether oxygens (including phenoxy) is 3. The van der Waals surface area contributed by atoms with Crippen molar-refractivity contribution in [2.24, 2.45) is 5.92 Å². The summed E-state index contributed by atoms with van der Waals surface area (Å²) in [4.78, 5) is 17.2. The molecule has 1 fully saturated rings. The van der Waals surface area contributed by atoms with E-state index in [0.717, 1.165) is 54.7 Å². The molecule has 2 aromatic carbocycles. The molecule has 1 N–H and O–H groups in total. The normalized spacial score (nSPS) is 14.8. The first-order valence-electron chi connectivity index (χ1n) is 12.3. The first kappa shape index (κ1) is 25.7. The molecule has 0 aliphatic carbocycles. The van der Waals surface area contributed by atoms with Gasteiger partial charge in [0.15, 0.2) is 11.5 Å². The second-order valence-corrected chi connectivity index (χ2v) is 8.74. The average molecular weight is 470 g/mol. The van der Waals surface area contributed by atoms with Crippen LogP contribution in [0.5, 0.6) is 17.2 Å². The average Bonchev–Trinajstić information content (AvgIpc) is 2.85. The van der Waals surface area contributed by atoms with Crippen LogP contribution >= 0.6 is 0 Å². The van der Waals surface area contributed by atoms with Gasteiger partial charge in [-0.1, -0.05) is 19.9 Å². The molecule has 7 heteroatoms. The number of hydrogen-bond donors (Lipinski definition) is 1. The monoisotopic (exact) mass is 469 g/mol. The molecule has 1 amide bonds. The lowest BCUT2D eigenvalue weighted by Crippen LogP contribution is -2.51. The van der Waals surface area contributed by atoms with Crippen molar-refractivity contribution in [3.63, 3.8) is 0 Å². The van der Waals surface area contributed by atoms with E-state index in [9.17, 15) is 4.79 Å². The molecule has 0 saturated carbocycles. The number of amides is 1. The minimum atomic E-state index is 0.0411. The van der Waals surface area contributed by atoms with E-state index in [4.69, 9.17) is 14.2 Å². The van der Waals surface area contributed by atoms with Crippen LogP contribution in [0.25, 0.3) is 0 Å². The number of carbonyl (C=O) groups is 1. The van der Waals surface area contributed by atoms with Gasteiger partial charge in [0.05, 0.1) is 26.9 Å². The Morgan fingerprint density at radius 1 is 0.941 bits per heavy atom. The van der Waals surface area contributed by atoms with Crippen molar-refractivity contribution in [3.8, 4) is 17.2 Å². The van der Waals surface area contributed by atoms with E-state index in [2.05, 4.69) is 42.3 Å². The standard InChI is InChI=1S/C27H39N3O4/c1-6-33-24-13-8-21(18-25(24)34-7-2)27(20(3)4)28-19-26(31)30-16-14-29(15-17-30)22-9-11-23(32-5)12-10-22/h8-13,18,20,27-28H,6-7,14-17,19H2,1-5H3. The molecular weight excluding hydrogens is 430 g/mol. The zero-order chi connectivity index (χ0) is 24.5. The zero-order valence-electron chi connectivity index (χ0n) is 21.2. The van der Waals surface area contributed by atoms with Crippen molar-refractivity contribution in [2.45, 2.75) is 33.7 Å². The van der Waals surface area contributed by atoms with E-state index in [1.54, 1.807) is 7.11 Å². The van der Waals surface area contributed by atoms with Crippen molar-refractivity contribution < 1.29 is 19.0 Å². The molecule has 0 radical (unpaired) electrons. The topological polar surface area (TPSA) is 63.3 Å². The van der Waals surface area contributed by atoms with E-state index in [0.29, 0.717) is 25.7 Å². The van der Waals surface area contributed by atoms with Crippen molar-refractivity contribution in [1.29, 1.82) is 0 Å². The Kier molecular flexibility index (Phi) is 9.45. The van der Waals surface area contributed by atoms with Gasteiger partial charge in [0.2, 0.25) is 5.91 Å². The molecule has 1 aliphatic heterocycles. The minimum Gasteiger partial charge on any atom is -0.497 e. The summed E-state index contributed by atoms with van der Waals surface area (Å²) in [5.41, 5.74) is 2.26. The number of nitrogens with zero attached hydrogens (tertiary/aromatic N) is 2. The number of hydrogen-bond acceptors (Lipinski definition) is 6. The Labute approximate surface area is 204 Å². The van der Waals surface area contributed by atoms with Crippen LogP contribution in [0.1, 0.15) is 39.3 Å². The molecule has 186 valence electrons. The second kappa shape index (κ2) is 12.5. The third kappa shape index (κ3) is 6.56. The molecule has 0 aromatic heterocycles. The van der Waals surface area contributed by atoms with Gasteiger partial charge >= 0.3 is 0 Å². The molecule has 34 heavy (non-hydrogen) atoms. The number of anilines is 1. The van der Waals surface area contributed by atoms with Crippen LogP contribution in [-0.4, -0.2) is 63.9 Å². The number of methoxy groups -OCH3 is 1. The van der Waals surface area contributed by atoms with E-state index in [1.807, 2.05) is 43.0 Å². The molecule has 1 saturated heterocycles. The Hall–Kier alpha value is -2.93. The first-order valence-corrected chi connectivity index (χ1v) is 12.3. The van der Waals surface area contributed by atoms with Crippen molar-refractivity contribution >= 4 is 11.6 Å². The maximum atomic E-state index is 13.0. The number of carbonyl (C=O) groups excluding carboxylic acids is 1. The van der Waals surface area contributed by atoms with E-state index in [1.165, 1.54) is 0 Å². The molecule has 1 aliphatic rings. The van der Waals surface area contributed by atoms with Crippen LogP contribution in [0.3, 0.4) is 0 Å². The molecule has 0 bridgehead atoms. The highest BCUT2D eigenvalue weighted by Crippen LogP contribution is 2.33. The molecule has 3 rings (SSSR count). The Balaban J connectivity index is 1.57. The summed E-state index contributed by atoms with van der Waals surface area (Å²) in [5.74, 6) is 2.80. The van der Waals surface area contributed by atoms with Crippen molar-refractivity contribution in [2.75, 3.05) is 57.9 Å². The predicted molar refractivity (Wildman–Crippen MR) is 136 cm³/mol. The third-order valence-corrected chi connectivity index (χ3v) is 6.14. The fourth-order valence-electron chi connectivity index (χ4n) is 4.32. The van der Waals surface area contributed by atoms with Gasteiger partial charge in [-0.2, -0.15) is 0 Å². The summed E-state index contributed by atoms with van der Waals surface area (Å²) in [7, 11) is 1.67. The number of rotatable bonds is 11. The lowest BCUT2D eigenvalue weighted by molar-refractivity contribution is -0.130. The lowest BCUT2D eigenvalue weighted by atomic mass is 9.95. The van der Waals surface area contributed by atoms with Crippen LogP contribution in [0.4, 0.5) is 5.69 Å². The lowest BCUT2D eigenvalue weighted by Gasteiger charge is -2.36. The fraction of sp³-hybridized carbons (Fsp3) is 0.519. The van der Waals surface area contributed by atoms with Gasteiger partial charge in [0.25, 0.3) is 0 Å². The van der Waals surface area contributed by atoms with E-state index in [-0.39, 0.29) is 11.9 Å². The summed E-state index contributed by atoms with van der Waals surface area (Å²) >= 11 is 0. The summed E-state index contributed by atoms with van der Waals surface area (Å²) in [6, 6.07) is 14.2. The highest BCUT2D eigenvalue weighted by molar-refractivity contribution is 5.78. The minimum absolute atomic E-state index is 0.0411. The highest BCUT2D eigenvalue weighted by atomic mass is 16.5. The summed E-state index contributed by atoms with van der Waals surface area (Å²) in [5, 5.41) is 3.49. The van der Waals surface area contributed by atoms with Crippen LogP contribution in [0.2, 0.25) is 0 Å². The quantitative estimate of drug-likeness (QED) is 0.534. The molecule has 1 atom stereocenters. The van der Waals surface area contributed by atoms with E-state index >= 15 is 0 Å². The maximum absolute atomic E-state index is 13.0. The Morgan fingerprint density at radius 2 is 1.59 bits per heavy atom. The SMILES string of the molecule is CCOc1ccc(C(NCC(=O)N2CCN(c3ccc(OC)cc3)CC2)C(C)C)cc1OCC. The van der Waals surface area contributed by atoms with Gasteiger partial charge in [-0.15, -0.1) is 0 Å². The number of benzene rings is 2. The zero-order valence-corrected chi connectivity index (χ0v) is 21.2. The van der Waals surface area contributed by atoms with Gasteiger partial charge in [-0.3, -0.25) is 4.79 Å². The first-order chi connectivity index (χ1) is 16.5. The van der Waals surface area contributed by atoms with Gasteiger partial charge in [-0.25, -0.2) is 0 Å². The summed E-state index contributed by atoms with van der Waals surface area (Å²) < 4.78 is 16.7. The van der Waals surface area contributed by atoms with Crippen molar-refractivity contribution in [1.82, 2.24) is 10.2 Å². The van der Waals surface area contributed by atoms with E-state index < -0.39 is 0 Å². The van der Waals surface area contributed by atoms with Crippen molar-refractivity contribution in [3.05, 3.63) is 48.0 Å². The number of piperazine rings is 1. The van der Waals surface area contributed by atoms with Crippen LogP contribution < -0.4 is 24.4 Å². The maximum Gasteiger partial charge on any atom is 0.236 e. The largest absolute Gasteiger partial charge is 0.497 e. The second-order valence-electron chi connectivity index (χ2n) is 8.74. The summed E-state index contributed by atoms with van der Waals surface area (Å²) in [6.07, 6.45) is 0. The fourth-order valence-corrected chi connectivity index (χ4v) is 4.32. The van der Waals surface area contributed by atoms with Gasteiger partial charge in [0.1, 0.15) is 5.75 Å². The Morgan fingerprint density at radius 3 is 2.18 bits per heavy atom. The highest BCUT2D eigenvalue weighted by Gasteiger charge is 2.24.